The third-order valence-corrected chi connectivity index (χ3v) is 6.53. The van der Waals surface area contributed by atoms with Gasteiger partial charge in [-0.25, -0.2) is 0 Å². The standard InChI is InChI=1S/C25H27ClN4O2/c26-20-8-6-19(7-9-20)24-16-30-22(17-32-24)14-23(28-30)25(31)27-21-10-12-29(13-11-21)15-18-4-2-1-3-5-18/h1-9,14,21,24H,10-13,15-17H2,(H,27,31)/t24-/m1/s1. The SMILES string of the molecule is O=C(NC1CCN(Cc2ccccc2)CC1)c1cc2n(n1)C[C@H](c1ccc(Cl)cc1)OC2. The van der Waals surface area contributed by atoms with Crippen molar-refractivity contribution in [2.24, 2.45) is 0 Å². The lowest BCUT2D eigenvalue weighted by atomic mass is 10.0. The Kier molecular flexibility index (Phi) is 6.26. The molecule has 1 N–H and O–H groups in total. The van der Waals surface area contributed by atoms with Gasteiger partial charge in [-0.2, -0.15) is 5.10 Å². The number of ether oxygens (including phenoxy) is 1. The fourth-order valence-electron chi connectivity index (χ4n) is 4.45. The first kappa shape index (κ1) is 21.2. The summed E-state index contributed by atoms with van der Waals surface area (Å²) in [4.78, 5) is 15.3. The number of fused-ring (bicyclic) bond motifs is 1. The smallest absolute Gasteiger partial charge is 0.272 e. The summed E-state index contributed by atoms with van der Waals surface area (Å²) in [6.07, 6.45) is 1.81. The van der Waals surface area contributed by atoms with E-state index in [-0.39, 0.29) is 18.1 Å². The van der Waals surface area contributed by atoms with Crippen molar-refractivity contribution in [3.8, 4) is 0 Å². The predicted molar refractivity (Wildman–Crippen MR) is 123 cm³/mol. The Morgan fingerprint density at radius 3 is 2.59 bits per heavy atom. The number of aromatic nitrogens is 2. The molecule has 0 unspecified atom stereocenters. The number of rotatable bonds is 5. The molecular weight excluding hydrogens is 424 g/mol. The maximum absolute atomic E-state index is 12.8. The second kappa shape index (κ2) is 9.45. The molecule has 7 heteroatoms. The van der Waals surface area contributed by atoms with E-state index in [0.717, 1.165) is 43.7 Å². The Bertz CT molecular complexity index is 1060. The number of nitrogens with zero attached hydrogens (tertiary/aromatic N) is 3. The second-order valence-corrected chi connectivity index (χ2v) is 9.00. The van der Waals surface area contributed by atoms with Gasteiger partial charge in [-0.15, -0.1) is 0 Å². The number of hydrogen-bond donors (Lipinski definition) is 1. The number of hydrogen-bond acceptors (Lipinski definition) is 4. The van der Waals surface area contributed by atoms with Crippen LogP contribution in [-0.2, 0) is 24.4 Å². The van der Waals surface area contributed by atoms with Crippen molar-refractivity contribution >= 4 is 17.5 Å². The van der Waals surface area contributed by atoms with E-state index in [2.05, 4.69) is 39.6 Å². The highest BCUT2D eigenvalue weighted by atomic mass is 35.5. The lowest BCUT2D eigenvalue weighted by Crippen LogP contribution is -2.44. The second-order valence-electron chi connectivity index (χ2n) is 8.56. The molecule has 166 valence electrons. The molecule has 2 aliphatic rings. The molecule has 1 aromatic heterocycles. The van der Waals surface area contributed by atoms with E-state index in [1.807, 2.05) is 41.1 Å². The van der Waals surface area contributed by atoms with Crippen LogP contribution in [-0.4, -0.2) is 39.7 Å². The molecule has 3 heterocycles. The van der Waals surface area contributed by atoms with Crippen molar-refractivity contribution in [3.63, 3.8) is 0 Å². The molecule has 0 radical (unpaired) electrons. The van der Waals surface area contributed by atoms with Gasteiger partial charge in [0.1, 0.15) is 6.10 Å². The summed E-state index contributed by atoms with van der Waals surface area (Å²) in [5.74, 6) is -0.101. The number of piperidine rings is 1. The summed E-state index contributed by atoms with van der Waals surface area (Å²) >= 11 is 5.99. The summed E-state index contributed by atoms with van der Waals surface area (Å²) in [5, 5.41) is 8.45. The Morgan fingerprint density at radius 1 is 1.09 bits per heavy atom. The zero-order chi connectivity index (χ0) is 21.9. The van der Waals surface area contributed by atoms with E-state index in [0.29, 0.717) is 23.9 Å². The monoisotopic (exact) mass is 450 g/mol. The number of carbonyl (C=O) groups excluding carboxylic acids is 1. The fourth-order valence-corrected chi connectivity index (χ4v) is 4.58. The van der Waals surface area contributed by atoms with Crippen molar-refractivity contribution in [2.45, 2.75) is 44.7 Å². The quantitative estimate of drug-likeness (QED) is 0.632. The van der Waals surface area contributed by atoms with Gasteiger partial charge < -0.3 is 10.1 Å². The molecule has 1 amide bonds. The highest BCUT2D eigenvalue weighted by Crippen LogP contribution is 2.27. The topological polar surface area (TPSA) is 59.4 Å². The summed E-state index contributed by atoms with van der Waals surface area (Å²) < 4.78 is 7.88. The number of halogens is 1. The average Bonchev–Trinajstić information content (AvgIpc) is 3.25. The first-order chi connectivity index (χ1) is 15.6. The van der Waals surface area contributed by atoms with Crippen molar-refractivity contribution in [1.29, 1.82) is 0 Å². The van der Waals surface area contributed by atoms with E-state index >= 15 is 0 Å². The molecule has 1 fully saturated rings. The predicted octanol–water partition coefficient (Wildman–Crippen LogP) is 4.20. The Morgan fingerprint density at radius 2 is 1.84 bits per heavy atom. The first-order valence-corrected chi connectivity index (χ1v) is 11.5. The van der Waals surface area contributed by atoms with Gasteiger partial charge in [-0.1, -0.05) is 54.1 Å². The van der Waals surface area contributed by atoms with E-state index < -0.39 is 0 Å². The van der Waals surface area contributed by atoms with Crippen molar-refractivity contribution in [1.82, 2.24) is 20.0 Å². The van der Waals surface area contributed by atoms with Crippen LogP contribution in [0.3, 0.4) is 0 Å². The van der Waals surface area contributed by atoms with Gasteiger partial charge >= 0.3 is 0 Å². The van der Waals surface area contributed by atoms with Crippen molar-refractivity contribution in [3.05, 3.63) is 88.2 Å². The molecule has 0 saturated carbocycles. The lowest BCUT2D eigenvalue weighted by molar-refractivity contribution is -0.00119. The molecule has 6 nitrogen and oxygen atoms in total. The largest absolute Gasteiger partial charge is 0.365 e. The van der Waals surface area contributed by atoms with Gasteiger partial charge in [0.15, 0.2) is 5.69 Å². The van der Waals surface area contributed by atoms with Crippen LogP contribution in [0.15, 0.2) is 60.7 Å². The van der Waals surface area contributed by atoms with Crippen LogP contribution < -0.4 is 5.32 Å². The van der Waals surface area contributed by atoms with E-state index in [1.54, 1.807) is 0 Å². The molecule has 0 bridgehead atoms. The molecule has 0 spiro atoms. The minimum absolute atomic E-state index is 0.0930. The first-order valence-electron chi connectivity index (χ1n) is 11.1. The van der Waals surface area contributed by atoms with Crippen molar-refractivity contribution < 1.29 is 9.53 Å². The van der Waals surface area contributed by atoms with E-state index in [9.17, 15) is 4.79 Å². The van der Waals surface area contributed by atoms with Gasteiger partial charge in [0, 0.05) is 30.7 Å². The fraction of sp³-hybridized carbons (Fsp3) is 0.360. The number of benzene rings is 2. The van der Waals surface area contributed by atoms with Crippen LogP contribution >= 0.6 is 11.6 Å². The third-order valence-electron chi connectivity index (χ3n) is 6.28. The molecule has 3 aromatic rings. The Balaban J connectivity index is 1.15. The van der Waals surface area contributed by atoms with Crippen LogP contribution in [0.25, 0.3) is 0 Å². The van der Waals surface area contributed by atoms with Crippen LogP contribution in [0.2, 0.25) is 5.02 Å². The molecule has 5 rings (SSSR count). The highest BCUT2D eigenvalue weighted by Gasteiger charge is 2.26. The van der Waals surface area contributed by atoms with Crippen LogP contribution in [0.4, 0.5) is 0 Å². The number of nitrogens with one attached hydrogen (secondary N) is 1. The van der Waals surface area contributed by atoms with Crippen LogP contribution in [0, 0.1) is 0 Å². The minimum Gasteiger partial charge on any atom is -0.365 e. The highest BCUT2D eigenvalue weighted by molar-refractivity contribution is 6.30. The van der Waals surface area contributed by atoms with E-state index in [1.165, 1.54) is 5.56 Å². The van der Waals surface area contributed by atoms with Gasteiger partial charge in [0.05, 0.1) is 18.8 Å². The number of carbonyl (C=O) groups is 1. The number of likely N-dealkylation sites (tertiary alicyclic amines) is 1. The molecule has 2 aromatic carbocycles. The Hall–Kier alpha value is -2.67. The maximum atomic E-state index is 12.8. The molecular formula is C25H27ClN4O2. The average molecular weight is 451 g/mol. The zero-order valence-corrected chi connectivity index (χ0v) is 18.7. The van der Waals surface area contributed by atoms with Gasteiger partial charge in [0.25, 0.3) is 5.91 Å². The molecule has 1 atom stereocenters. The van der Waals surface area contributed by atoms with Gasteiger partial charge in [-0.3, -0.25) is 14.4 Å². The Labute approximate surface area is 193 Å². The molecule has 0 aliphatic carbocycles. The zero-order valence-electron chi connectivity index (χ0n) is 17.9. The number of amides is 1. The van der Waals surface area contributed by atoms with Crippen molar-refractivity contribution in [2.75, 3.05) is 13.1 Å². The normalized spacial score (nSPS) is 19.5. The van der Waals surface area contributed by atoms with Gasteiger partial charge in [-0.05, 0) is 42.2 Å². The third kappa shape index (κ3) is 4.88. The van der Waals surface area contributed by atoms with Crippen LogP contribution in [0.1, 0.15) is 46.3 Å². The van der Waals surface area contributed by atoms with Crippen LogP contribution in [0.5, 0.6) is 0 Å². The minimum atomic E-state index is -0.101. The summed E-state index contributed by atoms with van der Waals surface area (Å²) in [5.41, 5.74) is 3.78. The summed E-state index contributed by atoms with van der Waals surface area (Å²) in [6.45, 7) is 3.95. The molecule has 1 saturated heterocycles. The summed E-state index contributed by atoms with van der Waals surface area (Å²) in [7, 11) is 0. The summed E-state index contributed by atoms with van der Waals surface area (Å²) in [6, 6.07) is 20.2. The molecule has 2 aliphatic heterocycles. The van der Waals surface area contributed by atoms with Gasteiger partial charge in [0.2, 0.25) is 0 Å². The van der Waals surface area contributed by atoms with E-state index in [4.69, 9.17) is 16.3 Å². The lowest BCUT2D eigenvalue weighted by Gasteiger charge is -2.32. The maximum Gasteiger partial charge on any atom is 0.272 e. The molecule has 32 heavy (non-hydrogen) atoms.